The van der Waals surface area contributed by atoms with E-state index in [2.05, 4.69) is 15.5 Å². The van der Waals surface area contributed by atoms with E-state index in [0.717, 1.165) is 12.1 Å². The van der Waals surface area contributed by atoms with Crippen molar-refractivity contribution in [2.24, 2.45) is 0 Å². The van der Waals surface area contributed by atoms with E-state index < -0.39 is 17.6 Å². The molecule has 27 heavy (non-hydrogen) atoms. The molecule has 5 nitrogen and oxygen atoms in total. The fourth-order valence-electron chi connectivity index (χ4n) is 2.32. The van der Waals surface area contributed by atoms with Gasteiger partial charge in [0, 0.05) is 18.5 Å². The van der Waals surface area contributed by atoms with Crippen molar-refractivity contribution in [2.45, 2.75) is 19.0 Å². The van der Waals surface area contributed by atoms with Crippen LogP contribution < -0.4 is 5.32 Å². The van der Waals surface area contributed by atoms with Crippen molar-refractivity contribution >= 4 is 23.2 Å². The maximum Gasteiger partial charge on any atom is 0.416 e. The van der Waals surface area contributed by atoms with Gasteiger partial charge in [-0.15, -0.1) is 10.2 Å². The summed E-state index contributed by atoms with van der Waals surface area (Å²) in [7, 11) is 0. The third-order valence-electron chi connectivity index (χ3n) is 3.61. The van der Waals surface area contributed by atoms with Crippen LogP contribution in [0.1, 0.15) is 17.9 Å². The van der Waals surface area contributed by atoms with Crippen molar-refractivity contribution in [3.05, 3.63) is 65.0 Å². The van der Waals surface area contributed by atoms with Crippen molar-refractivity contribution in [1.29, 1.82) is 0 Å². The monoisotopic (exact) mass is 395 g/mol. The molecule has 0 bridgehead atoms. The number of nitrogens with one attached hydrogen (secondary N) is 1. The van der Waals surface area contributed by atoms with E-state index in [-0.39, 0.29) is 30.3 Å². The number of carbonyl (C=O) groups is 1. The molecule has 2 aromatic carbocycles. The predicted octanol–water partition coefficient (Wildman–Crippen LogP) is 4.98. The number of nitrogens with zero attached hydrogens (tertiary/aromatic N) is 2. The smallest absolute Gasteiger partial charge is 0.416 e. The molecule has 1 N–H and O–H groups in total. The number of aryl methyl sites for hydroxylation is 1. The van der Waals surface area contributed by atoms with Gasteiger partial charge in [-0.3, -0.25) is 4.79 Å². The Hall–Kier alpha value is -2.87. The highest BCUT2D eigenvalue weighted by atomic mass is 35.5. The van der Waals surface area contributed by atoms with Crippen LogP contribution in [0.3, 0.4) is 0 Å². The number of aromatic nitrogens is 2. The number of benzene rings is 2. The van der Waals surface area contributed by atoms with E-state index in [1.54, 1.807) is 24.3 Å². The number of amides is 1. The van der Waals surface area contributed by atoms with Gasteiger partial charge in [0.15, 0.2) is 0 Å². The van der Waals surface area contributed by atoms with Crippen LogP contribution in [0.15, 0.2) is 52.9 Å². The first-order valence-corrected chi connectivity index (χ1v) is 8.25. The number of carbonyl (C=O) groups excluding carboxylic acids is 1. The zero-order valence-corrected chi connectivity index (χ0v) is 14.5. The van der Waals surface area contributed by atoms with E-state index in [4.69, 9.17) is 16.0 Å². The van der Waals surface area contributed by atoms with Crippen LogP contribution in [0, 0.1) is 0 Å². The summed E-state index contributed by atoms with van der Waals surface area (Å²) >= 11 is 6.06. The molecule has 1 amide bonds. The molecule has 0 fully saturated rings. The summed E-state index contributed by atoms with van der Waals surface area (Å²) in [5.74, 6) is -0.00943. The fraction of sp³-hybridized carbons (Fsp3) is 0.167. The summed E-state index contributed by atoms with van der Waals surface area (Å²) in [5, 5.41) is 10.6. The second-order valence-corrected chi connectivity index (χ2v) is 6.01. The minimum atomic E-state index is -4.47. The standard InChI is InChI=1S/C18H13ClF3N3O2/c19-14-7-2-1-6-13(14)17-25-24-16(27-17)9-8-15(26)23-12-5-3-4-11(10-12)18(20,21)22/h1-7,10H,8-9H2,(H,23,26). The minimum absolute atomic E-state index is 0.0274. The van der Waals surface area contributed by atoms with Crippen LogP contribution in [0.2, 0.25) is 5.02 Å². The Bertz CT molecular complexity index is 957. The zero-order valence-electron chi connectivity index (χ0n) is 13.8. The average molecular weight is 396 g/mol. The van der Waals surface area contributed by atoms with Crippen LogP contribution in [0.25, 0.3) is 11.5 Å². The van der Waals surface area contributed by atoms with E-state index in [1.165, 1.54) is 12.1 Å². The van der Waals surface area contributed by atoms with Crippen LogP contribution in [0.5, 0.6) is 0 Å². The summed E-state index contributed by atoms with van der Waals surface area (Å²) < 4.78 is 43.6. The van der Waals surface area contributed by atoms with Crippen molar-refractivity contribution in [3.8, 4) is 11.5 Å². The summed E-state index contributed by atoms with van der Waals surface area (Å²) in [5.41, 5.74) is -0.190. The Morgan fingerprint density at radius 2 is 1.89 bits per heavy atom. The molecule has 0 spiro atoms. The van der Waals surface area contributed by atoms with Gasteiger partial charge in [-0.25, -0.2) is 0 Å². The lowest BCUT2D eigenvalue weighted by Crippen LogP contribution is -2.13. The summed E-state index contributed by atoms with van der Waals surface area (Å²) in [6.45, 7) is 0. The molecule has 0 aliphatic carbocycles. The van der Waals surface area contributed by atoms with Gasteiger partial charge in [-0.1, -0.05) is 29.8 Å². The number of hydrogen-bond acceptors (Lipinski definition) is 4. The van der Waals surface area contributed by atoms with Gasteiger partial charge >= 0.3 is 6.18 Å². The van der Waals surface area contributed by atoms with Crippen LogP contribution in [0.4, 0.5) is 18.9 Å². The summed E-state index contributed by atoms with van der Waals surface area (Å²) in [6.07, 6.45) is -4.36. The highest BCUT2D eigenvalue weighted by Gasteiger charge is 2.30. The first kappa shape index (κ1) is 18.9. The molecule has 3 rings (SSSR count). The lowest BCUT2D eigenvalue weighted by Gasteiger charge is -2.09. The molecule has 0 unspecified atom stereocenters. The molecule has 0 saturated carbocycles. The van der Waals surface area contributed by atoms with Gasteiger partial charge in [0.2, 0.25) is 17.7 Å². The predicted molar refractivity (Wildman–Crippen MR) is 93.1 cm³/mol. The average Bonchev–Trinajstić information content (AvgIpc) is 3.09. The Balaban J connectivity index is 1.60. The highest BCUT2D eigenvalue weighted by molar-refractivity contribution is 6.33. The molecule has 9 heteroatoms. The van der Waals surface area contributed by atoms with Crippen LogP contribution >= 0.6 is 11.6 Å². The first-order chi connectivity index (χ1) is 12.8. The van der Waals surface area contributed by atoms with Gasteiger partial charge in [-0.2, -0.15) is 13.2 Å². The van der Waals surface area contributed by atoms with Gasteiger partial charge in [-0.05, 0) is 30.3 Å². The number of halogens is 4. The number of anilines is 1. The number of rotatable bonds is 5. The van der Waals surface area contributed by atoms with Gasteiger partial charge in [0.05, 0.1) is 16.1 Å². The molecule has 0 atom stereocenters. The second-order valence-electron chi connectivity index (χ2n) is 5.61. The maximum absolute atomic E-state index is 12.7. The molecule has 140 valence electrons. The highest BCUT2D eigenvalue weighted by Crippen LogP contribution is 2.30. The SMILES string of the molecule is O=C(CCc1nnc(-c2ccccc2Cl)o1)Nc1cccc(C(F)(F)F)c1. The lowest BCUT2D eigenvalue weighted by molar-refractivity contribution is -0.137. The molecular weight excluding hydrogens is 383 g/mol. The largest absolute Gasteiger partial charge is 0.421 e. The van der Waals surface area contributed by atoms with Crippen LogP contribution in [-0.4, -0.2) is 16.1 Å². The molecule has 0 aliphatic heterocycles. The summed E-state index contributed by atoms with van der Waals surface area (Å²) in [4.78, 5) is 12.0. The minimum Gasteiger partial charge on any atom is -0.421 e. The fourth-order valence-corrected chi connectivity index (χ4v) is 2.53. The first-order valence-electron chi connectivity index (χ1n) is 7.87. The maximum atomic E-state index is 12.7. The van der Waals surface area contributed by atoms with E-state index in [0.29, 0.717) is 10.6 Å². The third-order valence-corrected chi connectivity index (χ3v) is 3.94. The van der Waals surface area contributed by atoms with E-state index >= 15 is 0 Å². The zero-order chi connectivity index (χ0) is 19.4. The lowest BCUT2D eigenvalue weighted by atomic mass is 10.2. The van der Waals surface area contributed by atoms with Crippen molar-refractivity contribution in [1.82, 2.24) is 10.2 Å². The van der Waals surface area contributed by atoms with Crippen molar-refractivity contribution in [2.75, 3.05) is 5.32 Å². The second kappa shape index (κ2) is 7.79. The molecule has 1 aromatic heterocycles. The van der Waals surface area contributed by atoms with Crippen molar-refractivity contribution < 1.29 is 22.4 Å². The molecule has 0 aliphatic rings. The Morgan fingerprint density at radius 3 is 2.63 bits per heavy atom. The topological polar surface area (TPSA) is 68.0 Å². The molecule has 3 aromatic rings. The third kappa shape index (κ3) is 4.85. The molecule has 1 heterocycles. The molecular formula is C18H13ClF3N3O2. The molecule has 0 saturated heterocycles. The number of alkyl halides is 3. The van der Waals surface area contributed by atoms with E-state index in [1.807, 2.05) is 0 Å². The van der Waals surface area contributed by atoms with Crippen LogP contribution in [-0.2, 0) is 17.4 Å². The van der Waals surface area contributed by atoms with Gasteiger partial charge < -0.3 is 9.73 Å². The number of hydrogen-bond donors (Lipinski definition) is 1. The van der Waals surface area contributed by atoms with Gasteiger partial charge in [0.1, 0.15) is 0 Å². The van der Waals surface area contributed by atoms with Crippen molar-refractivity contribution in [3.63, 3.8) is 0 Å². The quantitative estimate of drug-likeness (QED) is 0.661. The Labute approximate surface area is 157 Å². The van der Waals surface area contributed by atoms with E-state index in [9.17, 15) is 18.0 Å². The molecule has 0 radical (unpaired) electrons. The van der Waals surface area contributed by atoms with Gasteiger partial charge in [0.25, 0.3) is 0 Å². The normalized spacial score (nSPS) is 11.4. The summed E-state index contributed by atoms with van der Waals surface area (Å²) in [6, 6.07) is 11.4. The Kier molecular flexibility index (Phi) is 5.46. The Morgan fingerprint density at radius 1 is 1.11 bits per heavy atom.